The lowest BCUT2D eigenvalue weighted by Crippen LogP contribution is -2.47. The molecule has 0 spiro atoms. The zero-order valence-electron chi connectivity index (χ0n) is 13.9. The van der Waals surface area contributed by atoms with Crippen molar-refractivity contribution in [2.45, 2.75) is 20.0 Å². The molecule has 0 bridgehead atoms. The van der Waals surface area contributed by atoms with Crippen LogP contribution in [-0.4, -0.2) is 52.9 Å². The zero-order chi connectivity index (χ0) is 18.0. The van der Waals surface area contributed by atoms with Crippen LogP contribution in [-0.2, 0) is 9.53 Å². The highest BCUT2D eigenvalue weighted by Gasteiger charge is 2.27. The van der Waals surface area contributed by atoms with E-state index >= 15 is 0 Å². The number of amides is 1. The van der Waals surface area contributed by atoms with Gasteiger partial charge in [-0.1, -0.05) is 6.07 Å². The Kier molecular flexibility index (Phi) is 5.00. The van der Waals surface area contributed by atoms with Crippen LogP contribution in [0.3, 0.4) is 0 Å². The highest BCUT2D eigenvalue weighted by molar-refractivity contribution is 7.15. The van der Waals surface area contributed by atoms with Crippen molar-refractivity contribution >= 4 is 23.2 Å². The minimum Gasteiger partial charge on any atom is -0.478 e. The number of benzene rings is 1. The Hall–Kier alpha value is -2.45. The number of carbonyl (C=O) groups excluding carboxylic acids is 1. The van der Waals surface area contributed by atoms with E-state index in [-0.39, 0.29) is 18.2 Å². The fraction of sp³-hybridized carbons (Fsp3) is 0.353. The van der Waals surface area contributed by atoms with Crippen LogP contribution in [0.1, 0.15) is 22.2 Å². The summed E-state index contributed by atoms with van der Waals surface area (Å²) in [5, 5.41) is 10.1. The van der Waals surface area contributed by atoms with Gasteiger partial charge in [-0.25, -0.2) is 9.78 Å². The Morgan fingerprint density at radius 2 is 2.32 bits per heavy atom. The second-order valence-electron chi connectivity index (χ2n) is 5.65. The van der Waals surface area contributed by atoms with Crippen LogP contribution in [0.25, 0.3) is 10.6 Å². The first kappa shape index (κ1) is 17.4. The molecule has 0 aliphatic carbocycles. The molecular formula is C17H18N2O5S. The zero-order valence-corrected chi connectivity index (χ0v) is 14.7. The lowest BCUT2D eigenvalue weighted by Gasteiger charge is -2.30. The summed E-state index contributed by atoms with van der Waals surface area (Å²) in [5.74, 6) is -0.808. The van der Waals surface area contributed by atoms with Crippen molar-refractivity contribution in [1.29, 1.82) is 0 Å². The average Bonchev–Trinajstić information content (AvgIpc) is 3.02. The number of carbonyl (C=O) groups is 2. The number of aromatic nitrogens is 1. The summed E-state index contributed by atoms with van der Waals surface area (Å²) in [7, 11) is 0. The van der Waals surface area contributed by atoms with E-state index in [4.69, 9.17) is 9.47 Å². The molecule has 1 fully saturated rings. The van der Waals surface area contributed by atoms with E-state index in [1.165, 1.54) is 17.4 Å². The number of morpholine rings is 1. The van der Waals surface area contributed by atoms with Gasteiger partial charge in [0.15, 0.2) is 6.73 Å². The molecule has 2 heterocycles. The number of aryl methyl sites for hydroxylation is 1. The molecule has 1 atom stereocenters. The minimum absolute atomic E-state index is 0.0347. The highest BCUT2D eigenvalue weighted by Crippen LogP contribution is 2.36. The number of aromatic carboxylic acids is 1. The van der Waals surface area contributed by atoms with Gasteiger partial charge in [-0.3, -0.25) is 4.79 Å². The van der Waals surface area contributed by atoms with Gasteiger partial charge in [-0.2, -0.15) is 0 Å². The Bertz CT molecular complexity index is 804. The first-order valence-corrected chi connectivity index (χ1v) is 8.61. The van der Waals surface area contributed by atoms with Gasteiger partial charge in [0.05, 0.1) is 17.7 Å². The number of carboxylic acid groups (broad SMARTS) is 1. The van der Waals surface area contributed by atoms with Crippen LogP contribution in [0.15, 0.2) is 24.4 Å². The van der Waals surface area contributed by atoms with Crippen LogP contribution in [0, 0.1) is 6.92 Å². The Morgan fingerprint density at radius 1 is 1.52 bits per heavy atom. The van der Waals surface area contributed by atoms with Crippen LogP contribution in [0.5, 0.6) is 5.75 Å². The van der Waals surface area contributed by atoms with Crippen molar-refractivity contribution in [3.8, 4) is 16.3 Å². The van der Waals surface area contributed by atoms with Gasteiger partial charge in [-0.05, 0) is 26.0 Å². The lowest BCUT2D eigenvalue weighted by atomic mass is 10.1. The second kappa shape index (κ2) is 7.20. The van der Waals surface area contributed by atoms with Crippen molar-refractivity contribution in [2.24, 2.45) is 0 Å². The van der Waals surface area contributed by atoms with Gasteiger partial charge < -0.3 is 19.5 Å². The summed E-state index contributed by atoms with van der Waals surface area (Å²) in [4.78, 5) is 30.5. The van der Waals surface area contributed by atoms with Gasteiger partial charge in [0, 0.05) is 17.6 Å². The monoisotopic (exact) mass is 362 g/mol. The highest BCUT2D eigenvalue weighted by atomic mass is 32.1. The second-order valence-corrected chi connectivity index (χ2v) is 6.88. The smallest absolute Gasteiger partial charge is 0.336 e. The van der Waals surface area contributed by atoms with E-state index in [9.17, 15) is 14.7 Å². The Morgan fingerprint density at radius 3 is 3.00 bits per heavy atom. The van der Waals surface area contributed by atoms with Gasteiger partial charge in [0.25, 0.3) is 5.91 Å². The van der Waals surface area contributed by atoms with Gasteiger partial charge >= 0.3 is 5.97 Å². The molecule has 0 saturated carbocycles. The van der Waals surface area contributed by atoms with Gasteiger partial charge in [0.2, 0.25) is 0 Å². The summed E-state index contributed by atoms with van der Waals surface area (Å²) < 4.78 is 11.1. The average molecular weight is 362 g/mol. The molecule has 2 aromatic rings. The molecule has 1 aliphatic rings. The molecule has 1 aliphatic heterocycles. The molecule has 3 rings (SSSR count). The largest absolute Gasteiger partial charge is 0.478 e. The quantitative estimate of drug-likeness (QED) is 0.879. The number of carboxylic acids is 1. The third-order valence-electron chi connectivity index (χ3n) is 3.86. The van der Waals surface area contributed by atoms with E-state index in [0.29, 0.717) is 29.5 Å². The van der Waals surface area contributed by atoms with Crippen molar-refractivity contribution < 1.29 is 24.2 Å². The molecule has 8 heteroatoms. The number of nitrogens with zero attached hydrogens (tertiary/aromatic N) is 2. The molecule has 1 N–H and O–H groups in total. The first-order valence-electron chi connectivity index (χ1n) is 7.79. The molecule has 1 saturated heterocycles. The molecule has 0 radical (unpaired) electrons. The number of thiazole rings is 1. The molecular weight excluding hydrogens is 344 g/mol. The van der Waals surface area contributed by atoms with Gasteiger partial charge in [0.1, 0.15) is 16.9 Å². The van der Waals surface area contributed by atoms with E-state index in [1.807, 2.05) is 6.92 Å². The van der Waals surface area contributed by atoms with Crippen molar-refractivity contribution in [3.63, 3.8) is 0 Å². The number of rotatable bonds is 5. The molecule has 1 aromatic carbocycles. The summed E-state index contributed by atoms with van der Waals surface area (Å²) in [6.07, 6.45) is 1.19. The fourth-order valence-corrected chi connectivity index (χ4v) is 3.40. The topological polar surface area (TPSA) is 89.0 Å². The maximum Gasteiger partial charge on any atom is 0.336 e. The molecule has 1 amide bonds. The predicted octanol–water partition coefficient (Wildman–Crippen LogP) is 2.40. The lowest BCUT2D eigenvalue weighted by molar-refractivity contribution is -0.155. The van der Waals surface area contributed by atoms with E-state index in [2.05, 4.69) is 4.98 Å². The maximum atomic E-state index is 12.1. The van der Waals surface area contributed by atoms with Crippen LogP contribution in [0.4, 0.5) is 0 Å². The van der Waals surface area contributed by atoms with Crippen molar-refractivity contribution in [3.05, 3.63) is 34.8 Å². The van der Waals surface area contributed by atoms with Crippen LogP contribution < -0.4 is 4.74 Å². The molecule has 7 nitrogen and oxygen atoms in total. The standard InChI is InChI=1S/C17H18N2O5S/c1-10-8-18-15(25-10)14-12(17(21)22)4-3-5-13(14)24-9-19-6-7-23-11(2)16(19)20/h3-5,8,11H,6-7,9H2,1-2H3,(H,21,22)/t11-/m0/s1. The predicted molar refractivity (Wildman–Crippen MR) is 91.9 cm³/mol. The SMILES string of the molecule is Cc1cnc(-c2c(OCN3CCO[C@@H](C)C3=O)cccc2C(=O)O)s1. The number of hydrogen-bond acceptors (Lipinski definition) is 6. The third kappa shape index (κ3) is 3.64. The maximum absolute atomic E-state index is 12.1. The molecule has 25 heavy (non-hydrogen) atoms. The van der Waals surface area contributed by atoms with E-state index in [0.717, 1.165) is 4.88 Å². The fourth-order valence-electron chi connectivity index (χ4n) is 2.57. The van der Waals surface area contributed by atoms with Crippen LogP contribution in [0.2, 0.25) is 0 Å². The molecule has 1 aromatic heterocycles. The summed E-state index contributed by atoms with van der Waals surface area (Å²) in [6.45, 7) is 4.52. The summed E-state index contributed by atoms with van der Waals surface area (Å²) in [5.41, 5.74) is 0.551. The molecule has 0 unspecified atom stereocenters. The van der Waals surface area contributed by atoms with E-state index in [1.54, 1.807) is 30.2 Å². The van der Waals surface area contributed by atoms with Crippen LogP contribution >= 0.6 is 11.3 Å². The Labute approximate surface area is 148 Å². The molecule has 132 valence electrons. The normalized spacial score (nSPS) is 17.6. The minimum atomic E-state index is -1.05. The first-order chi connectivity index (χ1) is 12.0. The summed E-state index contributed by atoms with van der Waals surface area (Å²) in [6, 6.07) is 4.82. The van der Waals surface area contributed by atoms with Gasteiger partial charge in [-0.15, -0.1) is 11.3 Å². The summed E-state index contributed by atoms with van der Waals surface area (Å²) >= 11 is 1.39. The van der Waals surface area contributed by atoms with Crippen molar-refractivity contribution in [2.75, 3.05) is 19.9 Å². The van der Waals surface area contributed by atoms with E-state index < -0.39 is 12.1 Å². The third-order valence-corrected chi connectivity index (χ3v) is 4.79. The number of ether oxygens (including phenoxy) is 2. The van der Waals surface area contributed by atoms with Crippen molar-refractivity contribution in [1.82, 2.24) is 9.88 Å². The number of hydrogen-bond donors (Lipinski definition) is 1. The Balaban J connectivity index is 1.89.